The predicted molar refractivity (Wildman–Crippen MR) is 56.3 cm³/mol. The molecule has 0 spiro atoms. The van der Waals surface area contributed by atoms with Crippen LogP contribution in [0.4, 0.5) is 5.82 Å². The lowest BCUT2D eigenvalue weighted by Gasteiger charge is -2.32. The van der Waals surface area contributed by atoms with Crippen LogP contribution in [0.3, 0.4) is 0 Å². The van der Waals surface area contributed by atoms with Crippen LogP contribution < -0.4 is 10.2 Å². The fourth-order valence-electron chi connectivity index (χ4n) is 1.84. The van der Waals surface area contributed by atoms with Crippen LogP contribution >= 0.6 is 0 Å². The van der Waals surface area contributed by atoms with Gasteiger partial charge >= 0.3 is 0 Å². The largest absolute Gasteiger partial charge is 0.355 e. The lowest BCUT2D eigenvalue weighted by molar-refractivity contribution is 0.443. The molecule has 1 atom stereocenters. The number of nitrogens with one attached hydrogen (secondary N) is 1. The van der Waals surface area contributed by atoms with E-state index in [0.717, 1.165) is 18.9 Å². The summed E-state index contributed by atoms with van der Waals surface area (Å²) in [5.41, 5.74) is 0. The maximum atomic E-state index is 4.24. The summed E-state index contributed by atoms with van der Waals surface area (Å²) in [7, 11) is 2.10. The fourth-order valence-corrected chi connectivity index (χ4v) is 1.84. The van der Waals surface area contributed by atoms with Gasteiger partial charge in [0.15, 0.2) is 0 Å². The van der Waals surface area contributed by atoms with E-state index in [1.165, 1.54) is 12.8 Å². The van der Waals surface area contributed by atoms with Crippen molar-refractivity contribution in [2.75, 3.05) is 25.0 Å². The molecule has 1 aromatic rings. The van der Waals surface area contributed by atoms with Crippen molar-refractivity contribution < 1.29 is 0 Å². The molecule has 2 heterocycles. The SMILES string of the molecule is CN(c1ccncn1)C1CCCNC1. The number of nitrogens with zero attached hydrogens (tertiary/aromatic N) is 3. The molecule has 0 saturated carbocycles. The van der Waals surface area contributed by atoms with E-state index in [1.807, 2.05) is 6.07 Å². The van der Waals surface area contributed by atoms with Crippen molar-refractivity contribution >= 4 is 5.82 Å². The van der Waals surface area contributed by atoms with Gasteiger partial charge in [0.25, 0.3) is 0 Å². The molecular weight excluding hydrogens is 176 g/mol. The first kappa shape index (κ1) is 9.40. The molecular formula is C10H16N4. The van der Waals surface area contributed by atoms with Crippen LogP contribution in [-0.2, 0) is 0 Å². The molecule has 0 aromatic carbocycles. The highest BCUT2D eigenvalue weighted by Gasteiger charge is 2.18. The van der Waals surface area contributed by atoms with E-state index in [-0.39, 0.29) is 0 Å². The summed E-state index contributed by atoms with van der Waals surface area (Å²) in [6.45, 7) is 2.20. The molecule has 1 aliphatic rings. The first-order valence-electron chi connectivity index (χ1n) is 5.07. The van der Waals surface area contributed by atoms with Crippen LogP contribution in [0.5, 0.6) is 0 Å². The van der Waals surface area contributed by atoms with E-state index in [9.17, 15) is 0 Å². The number of aromatic nitrogens is 2. The highest BCUT2D eigenvalue weighted by molar-refractivity contribution is 5.36. The monoisotopic (exact) mass is 192 g/mol. The quantitative estimate of drug-likeness (QED) is 0.747. The second-order valence-electron chi connectivity index (χ2n) is 3.68. The molecule has 76 valence electrons. The smallest absolute Gasteiger partial charge is 0.131 e. The van der Waals surface area contributed by atoms with Gasteiger partial charge in [-0.15, -0.1) is 0 Å². The van der Waals surface area contributed by atoms with E-state index in [0.29, 0.717) is 6.04 Å². The lowest BCUT2D eigenvalue weighted by Crippen LogP contribution is -2.44. The molecule has 0 amide bonds. The molecule has 1 aromatic heterocycles. The van der Waals surface area contributed by atoms with Gasteiger partial charge in [-0.3, -0.25) is 0 Å². The minimum Gasteiger partial charge on any atom is -0.355 e. The summed E-state index contributed by atoms with van der Waals surface area (Å²) in [4.78, 5) is 10.4. The van der Waals surface area contributed by atoms with Gasteiger partial charge < -0.3 is 10.2 Å². The van der Waals surface area contributed by atoms with Crippen molar-refractivity contribution in [3.8, 4) is 0 Å². The van der Waals surface area contributed by atoms with Gasteiger partial charge in [-0.1, -0.05) is 0 Å². The van der Waals surface area contributed by atoms with E-state index in [1.54, 1.807) is 12.5 Å². The van der Waals surface area contributed by atoms with E-state index >= 15 is 0 Å². The maximum Gasteiger partial charge on any atom is 0.131 e. The van der Waals surface area contributed by atoms with Crippen molar-refractivity contribution in [3.05, 3.63) is 18.6 Å². The molecule has 0 bridgehead atoms. The van der Waals surface area contributed by atoms with Gasteiger partial charge in [0.2, 0.25) is 0 Å². The van der Waals surface area contributed by atoms with Gasteiger partial charge in [0, 0.05) is 25.8 Å². The molecule has 0 aliphatic carbocycles. The van der Waals surface area contributed by atoms with Gasteiger partial charge in [0.05, 0.1) is 0 Å². The van der Waals surface area contributed by atoms with Crippen molar-refractivity contribution in [2.45, 2.75) is 18.9 Å². The second-order valence-corrected chi connectivity index (χ2v) is 3.68. The summed E-state index contributed by atoms with van der Waals surface area (Å²) >= 11 is 0. The highest BCUT2D eigenvalue weighted by atomic mass is 15.2. The minimum absolute atomic E-state index is 0.568. The third-order valence-electron chi connectivity index (χ3n) is 2.75. The van der Waals surface area contributed by atoms with E-state index in [4.69, 9.17) is 0 Å². The number of hydrogen-bond acceptors (Lipinski definition) is 4. The third kappa shape index (κ3) is 2.01. The average Bonchev–Trinajstić information content (AvgIpc) is 2.30. The number of likely N-dealkylation sites (N-methyl/N-ethyl adjacent to an activating group) is 1. The number of piperidine rings is 1. The van der Waals surface area contributed by atoms with Crippen LogP contribution in [0.1, 0.15) is 12.8 Å². The molecule has 1 saturated heterocycles. The van der Waals surface area contributed by atoms with Crippen LogP contribution in [0.15, 0.2) is 18.6 Å². The highest BCUT2D eigenvalue weighted by Crippen LogP contribution is 2.14. The molecule has 14 heavy (non-hydrogen) atoms. The molecule has 1 fully saturated rings. The second kappa shape index (κ2) is 4.37. The Hall–Kier alpha value is -1.16. The van der Waals surface area contributed by atoms with Gasteiger partial charge in [-0.05, 0) is 25.5 Å². The molecule has 1 N–H and O–H groups in total. The normalized spacial score (nSPS) is 21.9. The van der Waals surface area contributed by atoms with Crippen LogP contribution in [0.25, 0.3) is 0 Å². The van der Waals surface area contributed by atoms with E-state index < -0.39 is 0 Å². The van der Waals surface area contributed by atoms with Crippen molar-refractivity contribution in [2.24, 2.45) is 0 Å². The molecule has 0 radical (unpaired) electrons. The van der Waals surface area contributed by atoms with Crippen LogP contribution in [0, 0.1) is 0 Å². The maximum absolute atomic E-state index is 4.24. The average molecular weight is 192 g/mol. The van der Waals surface area contributed by atoms with Gasteiger partial charge in [-0.25, -0.2) is 9.97 Å². The predicted octanol–water partition coefficient (Wildman–Crippen LogP) is 0.665. The van der Waals surface area contributed by atoms with E-state index in [2.05, 4.69) is 27.2 Å². The van der Waals surface area contributed by atoms with Gasteiger partial charge in [0.1, 0.15) is 12.1 Å². The Balaban J connectivity index is 2.03. The number of rotatable bonds is 2. The number of anilines is 1. The Morgan fingerprint density at radius 3 is 3.14 bits per heavy atom. The third-order valence-corrected chi connectivity index (χ3v) is 2.75. The molecule has 4 nitrogen and oxygen atoms in total. The standard InChI is InChI=1S/C10H16N4/c1-14(9-3-2-5-11-7-9)10-4-6-12-8-13-10/h4,6,8-9,11H,2-3,5,7H2,1H3. The first-order chi connectivity index (χ1) is 6.88. The Labute approximate surface area is 84.4 Å². The lowest BCUT2D eigenvalue weighted by atomic mass is 10.1. The summed E-state index contributed by atoms with van der Waals surface area (Å²) < 4.78 is 0. The van der Waals surface area contributed by atoms with Crippen LogP contribution in [-0.4, -0.2) is 36.1 Å². The van der Waals surface area contributed by atoms with Gasteiger partial charge in [-0.2, -0.15) is 0 Å². The summed E-state index contributed by atoms with van der Waals surface area (Å²) in [5.74, 6) is 1.01. The minimum atomic E-state index is 0.568. The molecule has 2 rings (SSSR count). The van der Waals surface area contributed by atoms with Crippen molar-refractivity contribution in [1.29, 1.82) is 0 Å². The van der Waals surface area contributed by atoms with Crippen molar-refractivity contribution in [3.63, 3.8) is 0 Å². The molecule has 4 heteroatoms. The Morgan fingerprint density at radius 1 is 1.57 bits per heavy atom. The topological polar surface area (TPSA) is 41.1 Å². The molecule has 1 unspecified atom stereocenters. The zero-order chi connectivity index (χ0) is 9.80. The number of hydrogen-bond donors (Lipinski definition) is 1. The fraction of sp³-hybridized carbons (Fsp3) is 0.600. The van der Waals surface area contributed by atoms with Crippen LogP contribution in [0.2, 0.25) is 0 Å². The Morgan fingerprint density at radius 2 is 2.50 bits per heavy atom. The zero-order valence-electron chi connectivity index (χ0n) is 8.48. The first-order valence-corrected chi connectivity index (χ1v) is 5.07. The van der Waals surface area contributed by atoms with Crippen molar-refractivity contribution in [1.82, 2.24) is 15.3 Å². The zero-order valence-corrected chi connectivity index (χ0v) is 8.48. The Kier molecular flexibility index (Phi) is 2.93. The Bertz CT molecular complexity index is 269. The molecule has 1 aliphatic heterocycles. The summed E-state index contributed by atoms with van der Waals surface area (Å²) in [5, 5.41) is 3.40. The summed E-state index contributed by atoms with van der Waals surface area (Å²) in [6, 6.07) is 2.52. The summed E-state index contributed by atoms with van der Waals surface area (Å²) in [6.07, 6.45) is 5.88.